The Morgan fingerprint density at radius 1 is 0.643 bits per heavy atom. The van der Waals surface area contributed by atoms with Gasteiger partial charge in [-0.2, -0.15) is 0 Å². The van der Waals surface area contributed by atoms with Crippen LogP contribution in [0.3, 0.4) is 0 Å². The molecule has 0 heterocycles. The molecular formula is C12H20BrN. The quantitative estimate of drug-likeness (QED) is 0.409. The lowest BCUT2D eigenvalue weighted by Gasteiger charge is -2.35. The lowest BCUT2D eigenvalue weighted by Crippen LogP contribution is -3.00. The second kappa shape index (κ2) is 8.97. The zero-order valence-corrected chi connectivity index (χ0v) is 10.4. The maximum Gasteiger partial charge on any atom is 0.0978 e. The second-order valence-corrected chi connectivity index (χ2v) is 3.23. The SMILES string of the molecule is C=CC[N+](CC=C)(CC=C)CC=C.[Br-]. The molecule has 0 amide bonds. The molecule has 0 aliphatic carbocycles. The fourth-order valence-electron chi connectivity index (χ4n) is 1.54. The summed E-state index contributed by atoms with van der Waals surface area (Å²) in [6.07, 6.45) is 7.76. The van der Waals surface area contributed by atoms with Gasteiger partial charge in [-0.05, 0) is 24.3 Å². The summed E-state index contributed by atoms with van der Waals surface area (Å²) >= 11 is 0. The molecule has 0 fully saturated rings. The average molecular weight is 258 g/mol. The number of halogens is 1. The molecule has 1 nitrogen and oxygen atoms in total. The number of rotatable bonds is 8. The minimum absolute atomic E-state index is 0. The van der Waals surface area contributed by atoms with E-state index in [1.165, 1.54) is 0 Å². The van der Waals surface area contributed by atoms with Crippen molar-refractivity contribution in [1.29, 1.82) is 0 Å². The summed E-state index contributed by atoms with van der Waals surface area (Å²) in [6.45, 7) is 18.8. The first-order chi connectivity index (χ1) is 6.24. The van der Waals surface area contributed by atoms with E-state index in [-0.39, 0.29) is 17.0 Å². The summed E-state index contributed by atoms with van der Waals surface area (Å²) in [5, 5.41) is 0. The minimum Gasteiger partial charge on any atom is -1.00 e. The van der Waals surface area contributed by atoms with E-state index in [0.717, 1.165) is 30.7 Å². The highest BCUT2D eigenvalue weighted by Crippen LogP contribution is 2.07. The van der Waals surface area contributed by atoms with Gasteiger partial charge in [0.25, 0.3) is 0 Å². The van der Waals surface area contributed by atoms with E-state index in [2.05, 4.69) is 26.3 Å². The molecule has 0 aliphatic heterocycles. The van der Waals surface area contributed by atoms with Crippen LogP contribution in [0.5, 0.6) is 0 Å². The van der Waals surface area contributed by atoms with Crippen LogP contribution in [-0.4, -0.2) is 30.7 Å². The summed E-state index contributed by atoms with van der Waals surface area (Å²) in [7, 11) is 0. The predicted octanol–water partition coefficient (Wildman–Crippen LogP) is -0.449. The smallest absolute Gasteiger partial charge is 0.0978 e. The van der Waals surface area contributed by atoms with Gasteiger partial charge in [0.2, 0.25) is 0 Å². The van der Waals surface area contributed by atoms with Crippen molar-refractivity contribution in [2.75, 3.05) is 26.2 Å². The van der Waals surface area contributed by atoms with Crippen LogP contribution in [0.1, 0.15) is 0 Å². The van der Waals surface area contributed by atoms with Crippen LogP contribution in [-0.2, 0) is 0 Å². The molecule has 0 aromatic carbocycles. The Morgan fingerprint density at radius 2 is 0.857 bits per heavy atom. The first-order valence-electron chi connectivity index (χ1n) is 4.53. The van der Waals surface area contributed by atoms with E-state index in [0.29, 0.717) is 0 Å². The molecule has 0 bridgehead atoms. The largest absolute Gasteiger partial charge is 1.00 e. The molecule has 0 N–H and O–H groups in total. The van der Waals surface area contributed by atoms with Gasteiger partial charge < -0.3 is 21.5 Å². The summed E-state index contributed by atoms with van der Waals surface area (Å²) in [5.41, 5.74) is 0. The van der Waals surface area contributed by atoms with E-state index in [4.69, 9.17) is 0 Å². The van der Waals surface area contributed by atoms with Crippen LogP contribution in [0.25, 0.3) is 0 Å². The maximum absolute atomic E-state index is 3.77. The molecule has 0 rings (SSSR count). The molecule has 2 heteroatoms. The van der Waals surface area contributed by atoms with Gasteiger partial charge in [0.05, 0.1) is 26.2 Å². The van der Waals surface area contributed by atoms with Crippen molar-refractivity contribution in [3.63, 3.8) is 0 Å². The highest BCUT2D eigenvalue weighted by Gasteiger charge is 2.20. The number of hydrogen-bond acceptors (Lipinski definition) is 0. The molecule has 80 valence electrons. The standard InChI is InChI=1S/C12H20N.BrH/c1-5-9-13(10-6-2,11-7-3)12-8-4;/h5-8H,1-4,9-12H2;1H/q+1;/p-1. The zero-order chi connectivity index (χ0) is 10.2. The monoisotopic (exact) mass is 257 g/mol. The summed E-state index contributed by atoms with van der Waals surface area (Å²) in [4.78, 5) is 0. The van der Waals surface area contributed by atoms with Gasteiger partial charge in [0.15, 0.2) is 0 Å². The molecule has 14 heavy (non-hydrogen) atoms. The third-order valence-corrected chi connectivity index (χ3v) is 2.07. The number of nitrogens with zero attached hydrogens (tertiary/aromatic N) is 1. The minimum atomic E-state index is 0. The van der Waals surface area contributed by atoms with Crippen molar-refractivity contribution in [1.82, 2.24) is 0 Å². The molecule has 0 aromatic heterocycles. The van der Waals surface area contributed by atoms with Crippen LogP contribution in [0.4, 0.5) is 0 Å². The van der Waals surface area contributed by atoms with Gasteiger partial charge in [0.1, 0.15) is 0 Å². The Labute approximate surface area is 98.5 Å². The van der Waals surface area contributed by atoms with Gasteiger partial charge in [-0.3, -0.25) is 0 Å². The molecule has 0 unspecified atom stereocenters. The highest BCUT2D eigenvalue weighted by atomic mass is 79.9. The maximum atomic E-state index is 3.77. The highest BCUT2D eigenvalue weighted by molar-refractivity contribution is 4.79. The Bertz CT molecular complexity index is 151. The fraction of sp³-hybridized carbons (Fsp3) is 0.333. The third-order valence-electron chi connectivity index (χ3n) is 2.07. The molecule has 0 atom stereocenters. The normalized spacial score (nSPS) is 9.71. The van der Waals surface area contributed by atoms with Gasteiger partial charge in [-0.1, -0.05) is 26.3 Å². The third kappa shape index (κ3) is 5.20. The van der Waals surface area contributed by atoms with Crippen LogP contribution in [0.2, 0.25) is 0 Å². The fourth-order valence-corrected chi connectivity index (χ4v) is 1.54. The Morgan fingerprint density at radius 3 is 1.00 bits per heavy atom. The summed E-state index contributed by atoms with van der Waals surface area (Å²) in [6, 6.07) is 0. The van der Waals surface area contributed by atoms with Gasteiger partial charge >= 0.3 is 0 Å². The van der Waals surface area contributed by atoms with Crippen molar-refractivity contribution in [2.45, 2.75) is 0 Å². The Balaban J connectivity index is 0. The topological polar surface area (TPSA) is 0 Å². The van der Waals surface area contributed by atoms with Crippen molar-refractivity contribution in [3.05, 3.63) is 50.6 Å². The number of quaternary nitrogens is 1. The van der Waals surface area contributed by atoms with Crippen LogP contribution in [0, 0.1) is 0 Å². The second-order valence-electron chi connectivity index (χ2n) is 3.23. The van der Waals surface area contributed by atoms with Gasteiger partial charge in [-0.25, -0.2) is 0 Å². The average Bonchev–Trinajstić information content (AvgIpc) is 2.06. The Kier molecular flexibility index (Phi) is 10.2. The van der Waals surface area contributed by atoms with E-state index >= 15 is 0 Å². The Hall–Kier alpha value is -0.600. The van der Waals surface area contributed by atoms with Crippen molar-refractivity contribution < 1.29 is 21.5 Å². The molecule has 0 aliphatic rings. The van der Waals surface area contributed by atoms with E-state index < -0.39 is 0 Å². The van der Waals surface area contributed by atoms with Crippen molar-refractivity contribution >= 4 is 0 Å². The lowest BCUT2D eigenvalue weighted by molar-refractivity contribution is -0.906. The lowest BCUT2D eigenvalue weighted by atomic mass is 10.3. The number of hydrogen-bond donors (Lipinski definition) is 0. The summed E-state index contributed by atoms with van der Waals surface area (Å²) < 4.78 is 0.903. The molecule has 0 saturated heterocycles. The van der Waals surface area contributed by atoms with Crippen molar-refractivity contribution in [2.24, 2.45) is 0 Å². The van der Waals surface area contributed by atoms with Crippen molar-refractivity contribution in [3.8, 4) is 0 Å². The van der Waals surface area contributed by atoms with E-state index in [1.807, 2.05) is 24.3 Å². The summed E-state index contributed by atoms with van der Waals surface area (Å²) in [5.74, 6) is 0. The van der Waals surface area contributed by atoms with Crippen LogP contribution >= 0.6 is 0 Å². The first-order valence-corrected chi connectivity index (χ1v) is 4.53. The van der Waals surface area contributed by atoms with Crippen LogP contribution in [0.15, 0.2) is 50.6 Å². The predicted molar refractivity (Wildman–Crippen MR) is 60.5 cm³/mol. The van der Waals surface area contributed by atoms with Gasteiger partial charge in [0, 0.05) is 0 Å². The van der Waals surface area contributed by atoms with E-state index in [1.54, 1.807) is 0 Å². The molecule has 0 saturated carbocycles. The van der Waals surface area contributed by atoms with Crippen LogP contribution < -0.4 is 17.0 Å². The zero-order valence-electron chi connectivity index (χ0n) is 8.79. The molecule has 0 aromatic rings. The molecule has 0 spiro atoms. The van der Waals surface area contributed by atoms with Gasteiger partial charge in [-0.15, -0.1) is 0 Å². The molecular weight excluding hydrogens is 238 g/mol. The first kappa shape index (κ1) is 15.9. The molecule has 0 radical (unpaired) electrons. The van der Waals surface area contributed by atoms with E-state index in [9.17, 15) is 0 Å².